The van der Waals surface area contributed by atoms with E-state index >= 15 is 0 Å². The van der Waals surface area contributed by atoms with Crippen LogP contribution in [0.2, 0.25) is 0 Å². The third-order valence-electron chi connectivity index (χ3n) is 2.30. The summed E-state index contributed by atoms with van der Waals surface area (Å²) >= 11 is 0. The number of rotatable bonds is 4. The van der Waals surface area contributed by atoms with Crippen molar-refractivity contribution >= 4 is 5.97 Å². The molecule has 1 aromatic heterocycles. The fraction of sp³-hybridized carbons (Fsp3) is 0.0833. The number of H-pyrrole nitrogens is 1. The van der Waals surface area contributed by atoms with Crippen molar-refractivity contribution < 1.29 is 19.4 Å². The Morgan fingerprint density at radius 2 is 2.21 bits per heavy atom. The number of hydrogen-bond donors (Lipinski definition) is 2. The maximum atomic E-state index is 11.4. The Balaban J connectivity index is 2.43. The zero-order valence-electron chi connectivity index (χ0n) is 9.91. The van der Waals surface area contributed by atoms with Crippen LogP contribution >= 0.6 is 0 Å². The van der Waals surface area contributed by atoms with Gasteiger partial charge in [0.1, 0.15) is 17.1 Å². The smallest absolute Gasteiger partial charge is 0.339 e. The first-order valence-corrected chi connectivity index (χ1v) is 5.24. The Morgan fingerprint density at radius 3 is 2.84 bits per heavy atom. The molecular formula is C12H10N2O5. The Kier molecular flexibility index (Phi) is 3.46. The second-order valence-corrected chi connectivity index (χ2v) is 3.49. The van der Waals surface area contributed by atoms with Crippen LogP contribution in [-0.4, -0.2) is 28.2 Å². The fourth-order valence-electron chi connectivity index (χ4n) is 1.41. The van der Waals surface area contributed by atoms with Crippen molar-refractivity contribution in [3.63, 3.8) is 0 Å². The van der Waals surface area contributed by atoms with E-state index in [4.69, 9.17) is 14.6 Å². The highest BCUT2D eigenvalue weighted by atomic mass is 16.5. The average molecular weight is 262 g/mol. The van der Waals surface area contributed by atoms with Crippen molar-refractivity contribution in [1.82, 2.24) is 9.97 Å². The first kappa shape index (κ1) is 12.6. The number of nitrogens with one attached hydrogen (secondary N) is 1. The Bertz CT molecular complexity index is 665. The SMILES string of the molecule is COc1ccc(Oc2ncc[nH]c2=O)c(C(=O)O)c1. The van der Waals surface area contributed by atoms with Gasteiger partial charge < -0.3 is 19.6 Å². The molecule has 0 radical (unpaired) electrons. The third-order valence-corrected chi connectivity index (χ3v) is 2.30. The van der Waals surface area contributed by atoms with Gasteiger partial charge in [0, 0.05) is 12.4 Å². The number of aromatic amines is 1. The van der Waals surface area contributed by atoms with E-state index in [1.165, 1.54) is 37.7 Å². The summed E-state index contributed by atoms with van der Waals surface area (Å²) < 4.78 is 10.1. The highest BCUT2D eigenvalue weighted by Gasteiger charge is 2.15. The monoisotopic (exact) mass is 262 g/mol. The van der Waals surface area contributed by atoms with Gasteiger partial charge in [-0.1, -0.05) is 0 Å². The van der Waals surface area contributed by atoms with E-state index in [1.807, 2.05) is 0 Å². The highest BCUT2D eigenvalue weighted by molar-refractivity contribution is 5.91. The van der Waals surface area contributed by atoms with E-state index in [1.54, 1.807) is 0 Å². The summed E-state index contributed by atoms with van der Waals surface area (Å²) in [6.07, 6.45) is 2.68. The van der Waals surface area contributed by atoms with Crippen LogP contribution in [0.5, 0.6) is 17.4 Å². The van der Waals surface area contributed by atoms with Crippen molar-refractivity contribution in [1.29, 1.82) is 0 Å². The molecule has 0 aliphatic rings. The standard InChI is InChI=1S/C12H10N2O5/c1-18-7-2-3-9(8(6-7)12(16)17)19-11-10(15)13-4-5-14-11/h2-6H,1H3,(H,13,15)(H,16,17). The number of carboxylic acid groups (broad SMARTS) is 1. The fourth-order valence-corrected chi connectivity index (χ4v) is 1.41. The number of hydrogen-bond acceptors (Lipinski definition) is 5. The highest BCUT2D eigenvalue weighted by Crippen LogP contribution is 2.26. The van der Waals surface area contributed by atoms with E-state index in [0.29, 0.717) is 5.75 Å². The number of aromatic carboxylic acids is 1. The zero-order chi connectivity index (χ0) is 13.8. The van der Waals surface area contributed by atoms with Gasteiger partial charge in [0.25, 0.3) is 5.88 Å². The van der Waals surface area contributed by atoms with Crippen LogP contribution < -0.4 is 15.0 Å². The molecule has 0 unspecified atom stereocenters. The van der Waals surface area contributed by atoms with E-state index in [0.717, 1.165) is 0 Å². The predicted octanol–water partition coefficient (Wildman–Crippen LogP) is 1.27. The van der Waals surface area contributed by atoms with Gasteiger partial charge in [-0.15, -0.1) is 0 Å². The number of aromatic nitrogens is 2. The lowest BCUT2D eigenvalue weighted by atomic mass is 10.2. The minimum absolute atomic E-state index is 0.0116. The van der Waals surface area contributed by atoms with Crippen LogP contribution in [-0.2, 0) is 0 Å². The molecule has 98 valence electrons. The van der Waals surface area contributed by atoms with Gasteiger partial charge in [0.15, 0.2) is 0 Å². The largest absolute Gasteiger partial charge is 0.497 e. The molecular weight excluding hydrogens is 252 g/mol. The molecule has 0 aliphatic heterocycles. The molecule has 0 aliphatic carbocycles. The lowest BCUT2D eigenvalue weighted by Crippen LogP contribution is -2.10. The summed E-state index contributed by atoms with van der Waals surface area (Å²) in [5.74, 6) is -1.03. The summed E-state index contributed by atoms with van der Waals surface area (Å²) in [7, 11) is 1.42. The number of nitrogens with zero attached hydrogens (tertiary/aromatic N) is 1. The second-order valence-electron chi connectivity index (χ2n) is 3.49. The number of methoxy groups -OCH3 is 1. The quantitative estimate of drug-likeness (QED) is 0.860. The summed E-state index contributed by atoms with van der Waals surface area (Å²) in [6, 6.07) is 4.23. The molecule has 0 saturated carbocycles. The molecule has 2 N–H and O–H groups in total. The summed E-state index contributed by atoms with van der Waals surface area (Å²) in [6.45, 7) is 0. The zero-order valence-corrected chi connectivity index (χ0v) is 9.91. The van der Waals surface area contributed by atoms with E-state index in [-0.39, 0.29) is 17.2 Å². The van der Waals surface area contributed by atoms with Crippen LogP contribution in [0.25, 0.3) is 0 Å². The Labute approximate surface area is 107 Å². The van der Waals surface area contributed by atoms with Crippen molar-refractivity contribution in [3.8, 4) is 17.4 Å². The van der Waals surface area contributed by atoms with Gasteiger partial charge in [-0.3, -0.25) is 4.79 Å². The number of benzene rings is 1. The van der Waals surface area contributed by atoms with Gasteiger partial charge in [-0.05, 0) is 18.2 Å². The molecule has 2 rings (SSSR count). The minimum Gasteiger partial charge on any atom is -0.497 e. The van der Waals surface area contributed by atoms with Crippen molar-refractivity contribution in [3.05, 3.63) is 46.5 Å². The topological polar surface area (TPSA) is 102 Å². The molecule has 1 heterocycles. The molecule has 19 heavy (non-hydrogen) atoms. The van der Waals surface area contributed by atoms with Crippen LogP contribution in [0.15, 0.2) is 35.4 Å². The van der Waals surface area contributed by atoms with Gasteiger partial charge >= 0.3 is 11.5 Å². The van der Waals surface area contributed by atoms with Crippen LogP contribution in [0.3, 0.4) is 0 Å². The van der Waals surface area contributed by atoms with E-state index in [9.17, 15) is 9.59 Å². The maximum Gasteiger partial charge on any atom is 0.339 e. The van der Waals surface area contributed by atoms with Crippen molar-refractivity contribution in [2.24, 2.45) is 0 Å². The van der Waals surface area contributed by atoms with Crippen molar-refractivity contribution in [2.75, 3.05) is 7.11 Å². The van der Waals surface area contributed by atoms with Gasteiger partial charge in [0.2, 0.25) is 0 Å². The van der Waals surface area contributed by atoms with E-state index < -0.39 is 11.5 Å². The summed E-state index contributed by atoms with van der Waals surface area (Å²) in [5, 5.41) is 9.09. The second kappa shape index (κ2) is 5.21. The number of ether oxygens (including phenoxy) is 2. The van der Waals surface area contributed by atoms with Gasteiger partial charge in [-0.25, -0.2) is 9.78 Å². The summed E-state index contributed by atoms with van der Waals surface area (Å²) in [5.41, 5.74) is -0.668. The predicted molar refractivity (Wildman–Crippen MR) is 64.9 cm³/mol. The normalized spacial score (nSPS) is 9.95. The molecule has 0 spiro atoms. The minimum atomic E-state index is -1.19. The molecule has 0 atom stereocenters. The molecule has 0 amide bonds. The first-order chi connectivity index (χ1) is 9.11. The molecule has 0 fully saturated rings. The van der Waals surface area contributed by atoms with E-state index in [2.05, 4.69) is 9.97 Å². The lowest BCUT2D eigenvalue weighted by Gasteiger charge is -2.08. The third kappa shape index (κ3) is 2.71. The molecule has 2 aromatic rings. The lowest BCUT2D eigenvalue weighted by molar-refractivity contribution is 0.0693. The Hall–Kier alpha value is -2.83. The molecule has 7 heteroatoms. The molecule has 1 aromatic carbocycles. The Morgan fingerprint density at radius 1 is 1.42 bits per heavy atom. The molecule has 0 bridgehead atoms. The summed E-state index contributed by atoms with van der Waals surface area (Å²) in [4.78, 5) is 28.6. The molecule has 0 saturated heterocycles. The molecule has 7 nitrogen and oxygen atoms in total. The van der Waals surface area contributed by atoms with Gasteiger partial charge in [-0.2, -0.15) is 0 Å². The number of carboxylic acids is 1. The van der Waals surface area contributed by atoms with Crippen LogP contribution in [0.1, 0.15) is 10.4 Å². The van der Waals surface area contributed by atoms with Crippen LogP contribution in [0.4, 0.5) is 0 Å². The maximum absolute atomic E-state index is 11.4. The van der Waals surface area contributed by atoms with Crippen LogP contribution in [0, 0.1) is 0 Å². The first-order valence-electron chi connectivity index (χ1n) is 5.24. The number of carbonyl (C=O) groups is 1. The average Bonchev–Trinajstić information content (AvgIpc) is 2.41. The van der Waals surface area contributed by atoms with Gasteiger partial charge in [0.05, 0.1) is 7.11 Å². The van der Waals surface area contributed by atoms with Crippen molar-refractivity contribution in [2.45, 2.75) is 0 Å².